The average molecular weight is 229 g/mol. The number of halogens is 1. The van der Waals surface area contributed by atoms with Gasteiger partial charge in [0, 0.05) is 6.04 Å². The van der Waals surface area contributed by atoms with Crippen molar-refractivity contribution < 1.29 is 12.8 Å². The van der Waals surface area contributed by atoms with Gasteiger partial charge in [-0.3, -0.25) is 0 Å². The molecule has 1 aliphatic carbocycles. The first-order chi connectivity index (χ1) is 6.99. The van der Waals surface area contributed by atoms with E-state index >= 15 is 0 Å². The highest BCUT2D eigenvalue weighted by Gasteiger charge is 2.28. The Morgan fingerprint density at radius 2 is 2.07 bits per heavy atom. The lowest BCUT2D eigenvalue weighted by Gasteiger charge is -2.07. The van der Waals surface area contributed by atoms with E-state index in [9.17, 15) is 12.8 Å². The summed E-state index contributed by atoms with van der Waals surface area (Å²) >= 11 is 0. The number of hydrogen-bond donors (Lipinski definition) is 1. The normalized spacial score (nSPS) is 16.7. The zero-order valence-electron chi connectivity index (χ0n) is 8.33. The van der Waals surface area contributed by atoms with Gasteiger partial charge in [0.05, 0.1) is 4.90 Å². The molecule has 1 fully saturated rings. The summed E-state index contributed by atoms with van der Waals surface area (Å²) in [5.41, 5.74) is 0.433. The van der Waals surface area contributed by atoms with Gasteiger partial charge in [-0.1, -0.05) is 0 Å². The average Bonchev–Trinajstić information content (AvgIpc) is 2.86. The monoisotopic (exact) mass is 229 g/mol. The Morgan fingerprint density at radius 1 is 1.40 bits per heavy atom. The number of benzene rings is 1. The predicted molar refractivity (Wildman–Crippen MR) is 54.5 cm³/mol. The molecule has 0 aliphatic heterocycles. The van der Waals surface area contributed by atoms with Crippen LogP contribution in [0.1, 0.15) is 18.4 Å². The van der Waals surface area contributed by atoms with Gasteiger partial charge in [0.25, 0.3) is 0 Å². The molecule has 1 aliphatic rings. The number of hydrogen-bond acceptors (Lipinski definition) is 2. The minimum Gasteiger partial charge on any atom is -0.208 e. The van der Waals surface area contributed by atoms with Gasteiger partial charge in [-0.2, -0.15) is 0 Å². The third-order valence-corrected chi connectivity index (χ3v) is 4.01. The van der Waals surface area contributed by atoms with Crippen LogP contribution >= 0.6 is 0 Å². The van der Waals surface area contributed by atoms with Crippen molar-refractivity contribution in [3.63, 3.8) is 0 Å². The Hall–Kier alpha value is -0.940. The molecule has 0 aromatic heterocycles. The van der Waals surface area contributed by atoms with E-state index in [1.54, 1.807) is 6.92 Å². The van der Waals surface area contributed by atoms with Crippen molar-refractivity contribution in [1.82, 2.24) is 4.72 Å². The van der Waals surface area contributed by atoms with Crippen molar-refractivity contribution in [1.29, 1.82) is 0 Å². The summed E-state index contributed by atoms with van der Waals surface area (Å²) in [5, 5.41) is 0. The lowest BCUT2D eigenvalue weighted by molar-refractivity contribution is 0.579. The van der Waals surface area contributed by atoms with Crippen LogP contribution in [0.4, 0.5) is 4.39 Å². The summed E-state index contributed by atoms with van der Waals surface area (Å²) < 4.78 is 38.9. The van der Waals surface area contributed by atoms with Gasteiger partial charge >= 0.3 is 0 Å². The molecule has 0 bridgehead atoms. The van der Waals surface area contributed by atoms with Crippen molar-refractivity contribution in [3.05, 3.63) is 29.6 Å². The fourth-order valence-electron chi connectivity index (χ4n) is 1.40. The van der Waals surface area contributed by atoms with Crippen LogP contribution in [0.2, 0.25) is 0 Å². The second-order valence-corrected chi connectivity index (χ2v) is 5.49. The van der Waals surface area contributed by atoms with E-state index in [1.165, 1.54) is 12.1 Å². The molecule has 1 saturated carbocycles. The Balaban J connectivity index is 2.34. The third-order valence-electron chi connectivity index (χ3n) is 2.33. The molecule has 0 amide bonds. The van der Waals surface area contributed by atoms with Gasteiger partial charge in [-0.15, -0.1) is 0 Å². The summed E-state index contributed by atoms with van der Waals surface area (Å²) in [5.74, 6) is -0.419. The largest absolute Gasteiger partial charge is 0.241 e. The summed E-state index contributed by atoms with van der Waals surface area (Å²) in [4.78, 5) is 0.163. The molecule has 0 unspecified atom stereocenters. The molecule has 15 heavy (non-hydrogen) atoms. The molecule has 1 aromatic carbocycles. The SMILES string of the molecule is Cc1cc(F)ccc1S(=O)(=O)NC1CC1. The Kier molecular flexibility index (Phi) is 2.52. The summed E-state index contributed by atoms with van der Waals surface area (Å²) in [6.07, 6.45) is 1.78. The molecule has 1 N–H and O–H groups in total. The first-order valence-corrected chi connectivity index (χ1v) is 6.26. The van der Waals surface area contributed by atoms with Gasteiger partial charge < -0.3 is 0 Å². The van der Waals surface area contributed by atoms with E-state index in [4.69, 9.17) is 0 Å². The second kappa shape index (κ2) is 3.57. The minimum absolute atomic E-state index is 0.0689. The minimum atomic E-state index is -3.46. The van der Waals surface area contributed by atoms with Crippen LogP contribution in [0.15, 0.2) is 23.1 Å². The van der Waals surface area contributed by atoms with Crippen molar-refractivity contribution in [2.75, 3.05) is 0 Å². The van der Waals surface area contributed by atoms with Crippen molar-refractivity contribution in [2.45, 2.75) is 30.7 Å². The molecule has 82 valence electrons. The fraction of sp³-hybridized carbons (Fsp3) is 0.400. The van der Waals surface area contributed by atoms with Crippen molar-refractivity contribution in [3.8, 4) is 0 Å². The standard InChI is InChI=1S/C10H12FNO2S/c1-7-6-8(11)2-5-10(7)15(13,14)12-9-3-4-9/h2,5-6,9,12H,3-4H2,1H3. The summed E-state index contributed by atoms with van der Waals surface area (Å²) in [6.45, 7) is 1.59. The number of nitrogens with one attached hydrogen (secondary N) is 1. The van der Waals surface area contributed by atoms with Crippen LogP contribution in [-0.4, -0.2) is 14.5 Å². The quantitative estimate of drug-likeness (QED) is 0.855. The molecule has 1 aromatic rings. The van der Waals surface area contributed by atoms with Gasteiger partial charge in [-0.05, 0) is 43.5 Å². The molecule has 5 heteroatoms. The van der Waals surface area contributed by atoms with Crippen LogP contribution in [-0.2, 0) is 10.0 Å². The molecule has 2 rings (SSSR count). The van der Waals surface area contributed by atoms with E-state index in [0.29, 0.717) is 5.56 Å². The Labute approximate surface area is 88.4 Å². The zero-order chi connectivity index (χ0) is 11.1. The number of sulfonamides is 1. The Morgan fingerprint density at radius 3 is 2.60 bits per heavy atom. The van der Waals surface area contributed by atoms with E-state index in [-0.39, 0.29) is 10.9 Å². The number of rotatable bonds is 3. The molecule has 0 atom stereocenters. The molecule has 0 radical (unpaired) electrons. The van der Waals surface area contributed by atoms with Gasteiger partial charge in [0.1, 0.15) is 5.82 Å². The summed E-state index contributed by atoms with van der Waals surface area (Å²) in [7, 11) is -3.46. The molecule has 0 heterocycles. The maximum atomic E-state index is 12.8. The maximum absolute atomic E-state index is 12.8. The lowest BCUT2D eigenvalue weighted by Crippen LogP contribution is -2.26. The predicted octanol–water partition coefficient (Wildman–Crippen LogP) is 1.57. The lowest BCUT2D eigenvalue weighted by atomic mass is 10.2. The zero-order valence-corrected chi connectivity index (χ0v) is 9.14. The molecular formula is C10H12FNO2S. The van der Waals surface area contributed by atoms with Crippen LogP contribution < -0.4 is 4.72 Å². The highest BCUT2D eigenvalue weighted by Crippen LogP contribution is 2.23. The van der Waals surface area contributed by atoms with Gasteiger partial charge in [-0.25, -0.2) is 17.5 Å². The van der Waals surface area contributed by atoms with Crippen LogP contribution in [0.25, 0.3) is 0 Å². The van der Waals surface area contributed by atoms with Crippen molar-refractivity contribution >= 4 is 10.0 Å². The highest BCUT2D eigenvalue weighted by molar-refractivity contribution is 7.89. The smallest absolute Gasteiger partial charge is 0.208 e. The first-order valence-electron chi connectivity index (χ1n) is 4.77. The molecule has 0 saturated heterocycles. The Bertz CT molecular complexity index is 480. The summed E-state index contributed by atoms with van der Waals surface area (Å²) in [6, 6.07) is 3.75. The fourth-order valence-corrected chi connectivity index (χ4v) is 2.93. The van der Waals surface area contributed by atoms with E-state index in [2.05, 4.69) is 4.72 Å². The van der Waals surface area contributed by atoms with E-state index < -0.39 is 15.8 Å². The van der Waals surface area contributed by atoms with E-state index in [1.807, 2.05) is 0 Å². The maximum Gasteiger partial charge on any atom is 0.241 e. The van der Waals surface area contributed by atoms with Crippen molar-refractivity contribution in [2.24, 2.45) is 0 Å². The van der Waals surface area contributed by atoms with Gasteiger partial charge in [0.2, 0.25) is 10.0 Å². The number of aryl methyl sites for hydroxylation is 1. The molecule has 3 nitrogen and oxygen atoms in total. The molecular weight excluding hydrogens is 217 g/mol. The highest BCUT2D eigenvalue weighted by atomic mass is 32.2. The topological polar surface area (TPSA) is 46.2 Å². The van der Waals surface area contributed by atoms with Crippen LogP contribution in [0.3, 0.4) is 0 Å². The van der Waals surface area contributed by atoms with Gasteiger partial charge in [0.15, 0.2) is 0 Å². The first kappa shape index (κ1) is 10.6. The third kappa shape index (κ3) is 2.35. The van der Waals surface area contributed by atoms with E-state index in [0.717, 1.165) is 18.9 Å². The van der Waals surface area contributed by atoms with Crippen LogP contribution in [0, 0.1) is 12.7 Å². The van der Waals surface area contributed by atoms with Crippen LogP contribution in [0.5, 0.6) is 0 Å². The molecule has 0 spiro atoms. The second-order valence-electron chi connectivity index (χ2n) is 3.81.